The number of nitrogens with zero attached hydrogens (tertiary/aromatic N) is 1. The molecule has 1 fully saturated rings. The summed E-state index contributed by atoms with van der Waals surface area (Å²) < 4.78 is 16.2. The monoisotopic (exact) mass is 346 g/mol. The highest BCUT2D eigenvalue weighted by Crippen LogP contribution is 2.29. The molecule has 0 saturated heterocycles. The lowest BCUT2D eigenvalue weighted by Gasteiger charge is -2.26. The van der Waals surface area contributed by atoms with Crippen LogP contribution >= 0.6 is 0 Å². The summed E-state index contributed by atoms with van der Waals surface area (Å²) in [4.78, 5) is 12.2. The summed E-state index contributed by atoms with van der Waals surface area (Å²) in [6, 6.07) is 6.43. The fourth-order valence-electron chi connectivity index (χ4n) is 3.16. The number of rotatable bonds is 7. The number of benzene rings is 1. The maximum absolute atomic E-state index is 12.2. The average molecular weight is 346 g/mol. The number of carbonyl (C=O) groups excluding carboxylic acids is 1. The van der Waals surface area contributed by atoms with Gasteiger partial charge in [-0.25, -0.2) is 0 Å². The lowest BCUT2D eigenvalue weighted by Crippen LogP contribution is -2.33. The second kappa shape index (κ2) is 9.28. The van der Waals surface area contributed by atoms with Gasteiger partial charge in [0.1, 0.15) is 24.1 Å². The highest BCUT2D eigenvalue weighted by Gasteiger charge is 2.22. The van der Waals surface area contributed by atoms with E-state index in [0.29, 0.717) is 23.0 Å². The number of hydrogen-bond acceptors (Lipinski definition) is 5. The molecule has 1 aromatic carbocycles. The molecule has 0 bridgehead atoms. The Bertz CT molecular complexity index is 626. The largest absolute Gasteiger partial charge is 0.497 e. The van der Waals surface area contributed by atoms with Crippen LogP contribution in [0.2, 0.25) is 0 Å². The van der Waals surface area contributed by atoms with Crippen LogP contribution in [0.3, 0.4) is 0 Å². The van der Waals surface area contributed by atoms with E-state index >= 15 is 0 Å². The van der Waals surface area contributed by atoms with Crippen LogP contribution in [0.5, 0.6) is 11.5 Å². The molecule has 1 aliphatic carbocycles. The number of ether oxygens (including phenoxy) is 3. The van der Waals surface area contributed by atoms with E-state index in [1.165, 1.54) is 13.5 Å². The zero-order valence-electron chi connectivity index (χ0n) is 15.1. The van der Waals surface area contributed by atoms with Crippen LogP contribution in [0, 0.1) is 17.2 Å². The summed E-state index contributed by atoms with van der Waals surface area (Å²) in [6.07, 6.45) is 4.47. The number of methoxy groups -OCH3 is 2. The Kier molecular flexibility index (Phi) is 7.08. The van der Waals surface area contributed by atoms with Crippen molar-refractivity contribution in [3.05, 3.63) is 23.8 Å². The number of amides is 1. The van der Waals surface area contributed by atoms with Crippen molar-refractivity contribution in [2.24, 2.45) is 5.92 Å². The average Bonchev–Trinajstić information content (AvgIpc) is 2.64. The molecule has 6 heteroatoms. The highest BCUT2D eigenvalue weighted by molar-refractivity contribution is 5.78. The predicted octanol–water partition coefficient (Wildman–Crippen LogP) is 2.98. The fraction of sp³-hybridized carbons (Fsp3) is 0.579. The van der Waals surface area contributed by atoms with Gasteiger partial charge in [0.05, 0.1) is 26.4 Å². The Hall–Kier alpha value is -2.26. The van der Waals surface area contributed by atoms with E-state index in [1.54, 1.807) is 25.3 Å². The summed E-state index contributed by atoms with van der Waals surface area (Å²) in [6.45, 7) is 2.17. The Morgan fingerprint density at radius 1 is 1.36 bits per heavy atom. The zero-order valence-corrected chi connectivity index (χ0v) is 15.1. The van der Waals surface area contributed by atoms with Crippen LogP contribution < -0.4 is 14.8 Å². The first-order valence-corrected chi connectivity index (χ1v) is 8.59. The summed E-state index contributed by atoms with van der Waals surface area (Å²) in [7, 11) is 3.07. The zero-order chi connectivity index (χ0) is 18.2. The summed E-state index contributed by atoms with van der Waals surface area (Å²) in [5, 5.41) is 12.1. The van der Waals surface area contributed by atoms with Gasteiger partial charge in [-0.05, 0) is 30.9 Å². The van der Waals surface area contributed by atoms with Crippen LogP contribution in [-0.2, 0) is 9.53 Å². The standard InChI is InChI=1S/C19H26N2O4/c1-13-5-4-6-15(9-13)25-12-19(22)21-17(11-20)16-8-7-14(23-2)10-18(16)24-3/h7-8,10,13,15,17H,4-6,9,12H2,1-3H3,(H,21,22)/t13-,15+,17-/m0/s1. The Balaban J connectivity index is 1.95. The van der Waals surface area contributed by atoms with Crippen LogP contribution in [0.15, 0.2) is 18.2 Å². The molecule has 0 aliphatic heterocycles. The number of carbonyl (C=O) groups is 1. The van der Waals surface area contributed by atoms with Crippen LogP contribution in [-0.4, -0.2) is 32.8 Å². The third kappa shape index (κ3) is 5.36. The van der Waals surface area contributed by atoms with Gasteiger partial charge in [-0.1, -0.05) is 19.8 Å². The maximum Gasteiger partial charge on any atom is 0.247 e. The summed E-state index contributed by atoms with van der Waals surface area (Å²) in [5.74, 6) is 1.45. The Morgan fingerprint density at radius 2 is 2.16 bits per heavy atom. The van der Waals surface area contributed by atoms with E-state index < -0.39 is 6.04 Å². The van der Waals surface area contributed by atoms with Gasteiger partial charge in [-0.2, -0.15) is 5.26 Å². The third-order valence-electron chi connectivity index (χ3n) is 4.52. The quantitative estimate of drug-likeness (QED) is 0.821. The molecule has 0 unspecified atom stereocenters. The molecule has 0 aromatic heterocycles. The van der Waals surface area contributed by atoms with Crippen molar-refractivity contribution in [2.45, 2.75) is 44.8 Å². The molecule has 25 heavy (non-hydrogen) atoms. The Morgan fingerprint density at radius 3 is 2.80 bits per heavy atom. The minimum absolute atomic E-state index is 0.0337. The molecule has 2 rings (SSSR count). The van der Waals surface area contributed by atoms with E-state index in [4.69, 9.17) is 14.2 Å². The van der Waals surface area contributed by atoms with Gasteiger partial charge in [0, 0.05) is 11.6 Å². The number of hydrogen-bond donors (Lipinski definition) is 1. The maximum atomic E-state index is 12.2. The van der Waals surface area contributed by atoms with Crippen molar-refractivity contribution in [2.75, 3.05) is 20.8 Å². The molecule has 1 N–H and O–H groups in total. The van der Waals surface area contributed by atoms with E-state index in [-0.39, 0.29) is 18.6 Å². The van der Waals surface area contributed by atoms with Gasteiger partial charge < -0.3 is 19.5 Å². The third-order valence-corrected chi connectivity index (χ3v) is 4.52. The van der Waals surface area contributed by atoms with Gasteiger partial charge in [-0.3, -0.25) is 4.79 Å². The SMILES string of the molecule is COc1ccc([C@H](C#N)NC(=O)CO[C@@H]2CCC[C@H](C)C2)c(OC)c1. The molecule has 6 nitrogen and oxygen atoms in total. The molecular formula is C19H26N2O4. The second-order valence-corrected chi connectivity index (χ2v) is 6.44. The molecule has 1 amide bonds. The lowest BCUT2D eigenvalue weighted by atomic mass is 9.89. The van der Waals surface area contributed by atoms with Gasteiger partial charge in [0.15, 0.2) is 0 Å². The minimum Gasteiger partial charge on any atom is -0.497 e. The van der Waals surface area contributed by atoms with Crippen molar-refractivity contribution in [3.8, 4) is 17.6 Å². The molecule has 0 heterocycles. The minimum atomic E-state index is -0.803. The molecule has 3 atom stereocenters. The van der Waals surface area contributed by atoms with Crippen molar-refractivity contribution in [1.82, 2.24) is 5.32 Å². The number of nitriles is 1. The van der Waals surface area contributed by atoms with Crippen molar-refractivity contribution >= 4 is 5.91 Å². The molecule has 0 radical (unpaired) electrons. The molecule has 136 valence electrons. The molecule has 1 saturated carbocycles. The van der Waals surface area contributed by atoms with Gasteiger partial charge in [0.2, 0.25) is 5.91 Å². The predicted molar refractivity (Wildman–Crippen MR) is 93.4 cm³/mol. The van der Waals surface area contributed by atoms with Crippen LogP contribution in [0.1, 0.15) is 44.2 Å². The lowest BCUT2D eigenvalue weighted by molar-refractivity contribution is -0.129. The molecular weight excluding hydrogens is 320 g/mol. The number of nitrogens with one attached hydrogen (secondary N) is 1. The van der Waals surface area contributed by atoms with Crippen LogP contribution in [0.4, 0.5) is 0 Å². The molecule has 0 spiro atoms. The van der Waals surface area contributed by atoms with Crippen molar-refractivity contribution < 1.29 is 19.0 Å². The van der Waals surface area contributed by atoms with E-state index in [2.05, 4.69) is 18.3 Å². The molecule has 1 aromatic rings. The van der Waals surface area contributed by atoms with Crippen molar-refractivity contribution in [3.63, 3.8) is 0 Å². The van der Waals surface area contributed by atoms with Gasteiger partial charge in [0.25, 0.3) is 0 Å². The first-order valence-electron chi connectivity index (χ1n) is 8.59. The van der Waals surface area contributed by atoms with Gasteiger partial charge in [-0.15, -0.1) is 0 Å². The first kappa shape index (κ1) is 19.1. The van der Waals surface area contributed by atoms with Crippen molar-refractivity contribution in [1.29, 1.82) is 5.26 Å². The highest BCUT2D eigenvalue weighted by atomic mass is 16.5. The van der Waals surface area contributed by atoms with E-state index in [9.17, 15) is 10.1 Å². The van der Waals surface area contributed by atoms with E-state index in [1.807, 2.05) is 0 Å². The summed E-state index contributed by atoms with van der Waals surface area (Å²) >= 11 is 0. The topological polar surface area (TPSA) is 80.6 Å². The second-order valence-electron chi connectivity index (χ2n) is 6.44. The molecule has 1 aliphatic rings. The van der Waals surface area contributed by atoms with Gasteiger partial charge >= 0.3 is 0 Å². The Labute approximate surface area is 149 Å². The fourth-order valence-corrected chi connectivity index (χ4v) is 3.16. The first-order chi connectivity index (χ1) is 12.1. The van der Waals surface area contributed by atoms with E-state index in [0.717, 1.165) is 19.3 Å². The van der Waals surface area contributed by atoms with Crippen LogP contribution in [0.25, 0.3) is 0 Å². The normalized spacial score (nSPS) is 21.0. The smallest absolute Gasteiger partial charge is 0.247 e. The summed E-state index contributed by atoms with van der Waals surface area (Å²) in [5.41, 5.74) is 0.588.